The highest BCUT2D eigenvalue weighted by atomic mass is 127. The molecule has 0 aromatic carbocycles. The number of aromatic nitrogens is 2. The number of rotatable bonds is 2. The molecule has 1 fully saturated rings. The fourth-order valence-corrected chi connectivity index (χ4v) is 2.32. The number of amides is 1. The molecule has 1 N–H and O–H groups in total. The van der Waals surface area contributed by atoms with Crippen molar-refractivity contribution < 1.29 is 4.79 Å². The van der Waals surface area contributed by atoms with Gasteiger partial charge in [-0.15, -0.1) is 0 Å². The van der Waals surface area contributed by atoms with Crippen LogP contribution in [0.5, 0.6) is 0 Å². The molecule has 0 spiro atoms. The van der Waals surface area contributed by atoms with E-state index in [0.717, 1.165) is 28.9 Å². The minimum absolute atomic E-state index is 0.0524. The molecule has 5 nitrogen and oxygen atoms in total. The van der Waals surface area contributed by atoms with E-state index < -0.39 is 0 Å². The Morgan fingerprint density at radius 2 is 2.24 bits per heavy atom. The first-order chi connectivity index (χ1) is 8.20. The standard InChI is InChI=1S/C11H15IN4O/c1-13-10(17)8-3-2-4-16(7-8)11-14-5-9(12)6-15-11/h5-6,8H,2-4,7H2,1H3,(H,13,17). The van der Waals surface area contributed by atoms with E-state index in [-0.39, 0.29) is 11.8 Å². The third-order valence-electron chi connectivity index (χ3n) is 2.93. The molecule has 2 rings (SSSR count). The minimum atomic E-state index is 0.0524. The van der Waals surface area contributed by atoms with E-state index in [0.29, 0.717) is 6.54 Å². The number of hydrogen-bond acceptors (Lipinski definition) is 4. The van der Waals surface area contributed by atoms with Gasteiger partial charge in [0.2, 0.25) is 11.9 Å². The molecular formula is C11H15IN4O. The molecule has 2 heterocycles. The zero-order valence-electron chi connectivity index (χ0n) is 9.69. The summed E-state index contributed by atoms with van der Waals surface area (Å²) >= 11 is 2.18. The number of hydrogen-bond donors (Lipinski definition) is 1. The molecule has 1 atom stereocenters. The van der Waals surface area contributed by atoms with Crippen LogP contribution < -0.4 is 10.2 Å². The molecule has 1 aliphatic rings. The van der Waals surface area contributed by atoms with Gasteiger partial charge in [-0.1, -0.05) is 0 Å². The maximum Gasteiger partial charge on any atom is 0.225 e. The van der Waals surface area contributed by atoms with E-state index in [4.69, 9.17) is 0 Å². The number of carbonyl (C=O) groups is 1. The predicted molar refractivity (Wildman–Crippen MR) is 73.8 cm³/mol. The van der Waals surface area contributed by atoms with E-state index in [1.54, 1.807) is 19.4 Å². The maximum atomic E-state index is 11.6. The SMILES string of the molecule is CNC(=O)C1CCCN(c2ncc(I)cn2)C1. The Hall–Kier alpha value is -0.920. The lowest BCUT2D eigenvalue weighted by atomic mass is 9.97. The fraction of sp³-hybridized carbons (Fsp3) is 0.545. The van der Waals surface area contributed by atoms with Crippen LogP contribution >= 0.6 is 22.6 Å². The Balaban J connectivity index is 2.06. The van der Waals surface area contributed by atoms with Crippen molar-refractivity contribution in [1.82, 2.24) is 15.3 Å². The molecule has 17 heavy (non-hydrogen) atoms. The summed E-state index contributed by atoms with van der Waals surface area (Å²) < 4.78 is 1.02. The van der Waals surface area contributed by atoms with Crippen molar-refractivity contribution in [3.05, 3.63) is 16.0 Å². The molecular weight excluding hydrogens is 331 g/mol. The molecule has 1 aromatic heterocycles. The van der Waals surface area contributed by atoms with Crippen LogP contribution in [-0.4, -0.2) is 36.0 Å². The molecule has 0 saturated carbocycles. The Morgan fingerprint density at radius 1 is 1.53 bits per heavy atom. The van der Waals surface area contributed by atoms with Crippen molar-refractivity contribution in [3.8, 4) is 0 Å². The van der Waals surface area contributed by atoms with E-state index in [1.165, 1.54) is 0 Å². The zero-order chi connectivity index (χ0) is 12.3. The van der Waals surface area contributed by atoms with Gasteiger partial charge >= 0.3 is 0 Å². The minimum Gasteiger partial charge on any atom is -0.359 e. The van der Waals surface area contributed by atoms with E-state index in [2.05, 4.69) is 42.8 Å². The van der Waals surface area contributed by atoms with E-state index in [1.807, 2.05) is 0 Å². The van der Waals surface area contributed by atoms with Crippen LogP contribution in [0.2, 0.25) is 0 Å². The number of carbonyl (C=O) groups excluding carboxylic acids is 1. The first-order valence-corrected chi connectivity index (χ1v) is 6.72. The third-order valence-corrected chi connectivity index (χ3v) is 3.49. The van der Waals surface area contributed by atoms with E-state index >= 15 is 0 Å². The van der Waals surface area contributed by atoms with Gasteiger partial charge in [0, 0.05) is 36.1 Å². The van der Waals surface area contributed by atoms with Crippen molar-refractivity contribution in [2.45, 2.75) is 12.8 Å². The molecule has 0 radical (unpaired) electrons. The summed E-state index contributed by atoms with van der Waals surface area (Å²) in [7, 11) is 1.68. The highest BCUT2D eigenvalue weighted by Gasteiger charge is 2.26. The summed E-state index contributed by atoms with van der Waals surface area (Å²) in [6, 6.07) is 0. The largest absolute Gasteiger partial charge is 0.359 e. The summed E-state index contributed by atoms with van der Waals surface area (Å²) in [5.74, 6) is 0.885. The van der Waals surface area contributed by atoms with Crippen LogP contribution in [0.3, 0.4) is 0 Å². The lowest BCUT2D eigenvalue weighted by Gasteiger charge is -2.31. The van der Waals surface area contributed by atoms with Crippen molar-refractivity contribution in [3.63, 3.8) is 0 Å². The number of anilines is 1. The van der Waals surface area contributed by atoms with Crippen LogP contribution in [0.4, 0.5) is 5.95 Å². The first kappa shape index (κ1) is 12.5. The van der Waals surface area contributed by atoms with Crippen LogP contribution in [0.1, 0.15) is 12.8 Å². The van der Waals surface area contributed by atoms with Crippen molar-refractivity contribution in [2.24, 2.45) is 5.92 Å². The van der Waals surface area contributed by atoms with Gasteiger partial charge in [-0.2, -0.15) is 0 Å². The molecule has 1 aliphatic heterocycles. The summed E-state index contributed by atoms with van der Waals surface area (Å²) in [6.45, 7) is 1.63. The van der Waals surface area contributed by atoms with Crippen LogP contribution in [-0.2, 0) is 4.79 Å². The Bertz CT molecular complexity index is 395. The second-order valence-corrected chi connectivity index (χ2v) is 5.35. The number of halogens is 1. The lowest BCUT2D eigenvalue weighted by molar-refractivity contribution is -0.124. The van der Waals surface area contributed by atoms with Crippen LogP contribution in [0.25, 0.3) is 0 Å². The highest BCUT2D eigenvalue weighted by Crippen LogP contribution is 2.20. The third kappa shape index (κ3) is 3.05. The van der Waals surface area contributed by atoms with E-state index in [9.17, 15) is 4.79 Å². The second-order valence-electron chi connectivity index (χ2n) is 4.10. The van der Waals surface area contributed by atoms with Gasteiger partial charge < -0.3 is 10.2 Å². The maximum absolute atomic E-state index is 11.6. The Labute approximate surface area is 114 Å². The van der Waals surface area contributed by atoms with Crippen LogP contribution in [0.15, 0.2) is 12.4 Å². The lowest BCUT2D eigenvalue weighted by Crippen LogP contribution is -2.42. The zero-order valence-corrected chi connectivity index (χ0v) is 11.8. The van der Waals surface area contributed by atoms with Gasteiger partial charge in [-0.3, -0.25) is 4.79 Å². The van der Waals surface area contributed by atoms with Gasteiger partial charge in [0.1, 0.15) is 0 Å². The summed E-state index contributed by atoms with van der Waals surface area (Å²) in [5, 5.41) is 2.71. The Morgan fingerprint density at radius 3 is 2.88 bits per heavy atom. The molecule has 1 saturated heterocycles. The normalized spacial score (nSPS) is 20.1. The summed E-state index contributed by atoms with van der Waals surface area (Å²) in [4.78, 5) is 22.3. The van der Waals surface area contributed by atoms with Crippen LogP contribution in [0, 0.1) is 9.49 Å². The average molecular weight is 346 g/mol. The summed E-state index contributed by atoms with van der Waals surface area (Å²) in [6.07, 6.45) is 5.55. The quantitative estimate of drug-likeness (QED) is 0.814. The van der Waals surface area contributed by atoms with Crippen molar-refractivity contribution >= 4 is 34.4 Å². The van der Waals surface area contributed by atoms with Gasteiger partial charge in [0.15, 0.2) is 0 Å². The molecule has 0 aliphatic carbocycles. The molecule has 0 bridgehead atoms. The van der Waals surface area contributed by atoms with Crippen molar-refractivity contribution in [2.75, 3.05) is 25.0 Å². The first-order valence-electron chi connectivity index (χ1n) is 5.65. The average Bonchev–Trinajstić information content (AvgIpc) is 2.39. The smallest absolute Gasteiger partial charge is 0.225 e. The monoisotopic (exact) mass is 346 g/mol. The molecule has 1 aromatic rings. The number of nitrogens with one attached hydrogen (secondary N) is 1. The highest BCUT2D eigenvalue weighted by molar-refractivity contribution is 14.1. The molecule has 92 valence electrons. The predicted octanol–water partition coefficient (Wildman–Crippen LogP) is 1.04. The molecule has 1 unspecified atom stereocenters. The fourth-order valence-electron chi connectivity index (χ4n) is 2.05. The second kappa shape index (κ2) is 5.61. The van der Waals surface area contributed by atoms with Crippen molar-refractivity contribution in [1.29, 1.82) is 0 Å². The Kier molecular flexibility index (Phi) is 4.14. The van der Waals surface area contributed by atoms with Gasteiger partial charge in [0.25, 0.3) is 0 Å². The topological polar surface area (TPSA) is 58.1 Å². The molecule has 6 heteroatoms. The number of nitrogens with zero attached hydrogens (tertiary/aromatic N) is 3. The van der Waals surface area contributed by atoms with Gasteiger partial charge in [-0.25, -0.2) is 9.97 Å². The number of piperidine rings is 1. The van der Waals surface area contributed by atoms with Gasteiger partial charge in [-0.05, 0) is 35.4 Å². The molecule has 1 amide bonds. The van der Waals surface area contributed by atoms with Gasteiger partial charge in [0.05, 0.1) is 5.92 Å². The summed E-state index contributed by atoms with van der Waals surface area (Å²) in [5.41, 5.74) is 0.